The summed E-state index contributed by atoms with van der Waals surface area (Å²) in [6, 6.07) is 8.00. The Hall–Kier alpha value is -3.00. The van der Waals surface area contributed by atoms with Crippen molar-refractivity contribution in [3.63, 3.8) is 0 Å². The lowest BCUT2D eigenvalue weighted by atomic mass is 10.2. The van der Waals surface area contributed by atoms with Crippen molar-refractivity contribution >= 4 is 54.6 Å². The van der Waals surface area contributed by atoms with E-state index in [4.69, 9.17) is 18.0 Å². The second-order valence-electron chi connectivity index (χ2n) is 5.91. The zero-order chi connectivity index (χ0) is 21.3. The van der Waals surface area contributed by atoms with Gasteiger partial charge < -0.3 is 4.57 Å². The van der Waals surface area contributed by atoms with Crippen molar-refractivity contribution in [1.29, 1.82) is 0 Å². The molecule has 0 spiro atoms. The monoisotopic (exact) mass is 449 g/mol. The predicted octanol–water partition coefficient (Wildman–Crippen LogP) is 3.04. The maximum atomic E-state index is 12.6. The summed E-state index contributed by atoms with van der Waals surface area (Å²) in [6.45, 7) is 0.0903. The summed E-state index contributed by atoms with van der Waals surface area (Å²) in [4.78, 5) is 27.3. The normalized spacial score (nSPS) is 12.1. The molecule has 1 heterocycles. The molecule has 0 atom stereocenters. The van der Waals surface area contributed by atoms with Crippen molar-refractivity contribution in [2.24, 2.45) is 4.99 Å². The number of rotatable bonds is 4. The molecule has 0 radical (unpaired) electrons. The predicted molar refractivity (Wildman–Crippen MR) is 110 cm³/mol. The number of hydrogen-bond donors (Lipinski definition) is 0. The van der Waals surface area contributed by atoms with E-state index in [9.17, 15) is 23.3 Å². The standard InChI is InChI=1S/C18H12ClN3O5S2/c1-3-8-21-15-7-5-12(29(2,26)27)10-16(15)28-18(21)20-17(23)13-9-11(22(24)25)4-6-14(13)19/h1,4-7,9-10H,8H2,2H3. The number of carbonyl (C=O) groups is 1. The van der Waals surface area contributed by atoms with E-state index in [1.165, 1.54) is 24.3 Å². The zero-order valence-electron chi connectivity index (χ0n) is 14.8. The number of nitro benzene ring substituents is 1. The van der Waals surface area contributed by atoms with Crippen molar-refractivity contribution in [3.8, 4) is 12.3 Å². The third kappa shape index (κ3) is 4.22. The number of aromatic nitrogens is 1. The number of carbonyl (C=O) groups excluding carboxylic acids is 1. The summed E-state index contributed by atoms with van der Waals surface area (Å²) in [6.07, 6.45) is 6.51. The van der Waals surface area contributed by atoms with Crippen LogP contribution in [0, 0.1) is 22.5 Å². The molecule has 0 bridgehead atoms. The van der Waals surface area contributed by atoms with Gasteiger partial charge in [-0.1, -0.05) is 28.9 Å². The van der Waals surface area contributed by atoms with E-state index in [1.807, 2.05) is 0 Å². The zero-order valence-corrected chi connectivity index (χ0v) is 17.2. The van der Waals surface area contributed by atoms with Gasteiger partial charge in [0.25, 0.3) is 11.6 Å². The number of sulfone groups is 1. The Kier molecular flexibility index (Phi) is 5.57. The molecule has 2 aromatic carbocycles. The molecule has 0 unspecified atom stereocenters. The Morgan fingerprint density at radius 3 is 2.69 bits per heavy atom. The number of hydrogen-bond acceptors (Lipinski definition) is 6. The van der Waals surface area contributed by atoms with Crippen LogP contribution in [0.1, 0.15) is 10.4 Å². The minimum atomic E-state index is -3.42. The molecule has 11 heteroatoms. The van der Waals surface area contributed by atoms with Gasteiger partial charge in [0.1, 0.15) is 0 Å². The fourth-order valence-corrected chi connectivity index (χ4v) is 4.54. The van der Waals surface area contributed by atoms with Gasteiger partial charge in [-0.2, -0.15) is 4.99 Å². The largest absolute Gasteiger partial charge is 0.305 e. The molecule has 8 nitrogen and oxygen atoms in total. The van der Waals surface area contributed by atoms with Crippen LogP contribution in [0.2, 0.25) is 5.02 Å². The number of thiazole rings is 1. The quantitative estimate of drug-likeness (QED) is 0.345. The Bertz CT molecular complexity index is 1380. The van der Waals surface area contributed by atoms with E-state index in [-0.39, 0.29) is 32.5 Å². The topological polar surface area (TPSA) is 112 Å². The average Bonchev–Trinajstić information content (AvgIpc) is 2.98. The molecule has 3 rings (SSSR count). The number of halogens is 1. The number of terminal acetylenes is 1. The van der Waals surface area contributed by atoms with Crippen LogP contribution in [-0.2, 0) is 16.4 Å². The summed E-state index contributed by atoms with van der Waals surface area (Å²) in [5.41, 5.74) is 0.193. The summed E-state index contributed by atoms with van der Waals surface area (Å²) >= 11 is 7.08. The van der Waals surface area contributed by atoms with Gasteiger partial charge in [0.2, 0.25) is 0 Å². The first kappa shape index (κ1) is 20.7. The Morgan fingerprint density at radius 1 is 1.34 bits per heavy atom. The van der Waals surface area contributed by atoms with Crippen LogP contribution < -0.4 is 4.80 Å². The maximum Gasteiger partial charge on any atom is 0.281 e. The molecule has 0 fully saturated rings. The van der Waals surface area contributed by atoms with E-state index in [1.54, 1.807) is 10.6 Å². The number of fused-ring (bicyclic) bond motifs is 1. The van der Waals surface area contributed by atoms with Crippen molar-refractivity contribution in [2.45, 2.75) is 11.4 Å². The molecule has 0 aliphatic carbocycles. The van der Waals surface area contributed by atoms with Gasteiger partial charge in [0.15, 0.2) is 14.6 Å². The minimum absolute atomic E-state index is 0.0216. The highest BCUT2D eigenvalue weighted by molar-refractivity contribution is 7.90. The van der Waals surface area contributed by atoms with Crippen molar-refractivity contribution in [3.05, 3.63) is 61.9 Å². The molecule has 0 saturated heterocycles. The van der Waals surface area contributed by atoms with Crippen LogP contribution in [0.5, 0.6) is 0 Å². The Morgan fingerprint density at radius 2 is 2.07 bits per heavy atom. The van der Waals surface area contributed by atoms with E-state index < -0.39 is 20.7 Å². The molecule has 0 N–H and O–H groups in total. The van der Waals surface area contributed by atoms with Gasteiger partial charge in [0, 0.05) is 18.4 Å². The molecule has 3 aromatic rings. The number of non-ortho nitro benzene ring substituents is 1. The van der Waals surface area contributed by atoms with Crippen LogP contribution >= 0.6 is 22.9 Å². The highest BCUT2D eigenvalue weighted by atomic mass is 35.5. The molecule has 0 aliphatic rings. The molecule has 0 saturated carbocycles. The van der Waals surface area contributed by atoms with E-state index in [0.29, 0.717) is 10.2 Å². The lowest BCUT2D eigenvalue weighted by Gasteiger charge is -2.02. The first-order chi connectivity index (χ1) is 13.6. The summed E-state index contributed by atoms with van der Waals surface area (Å²) in [5.74, 6) is 1.68. The maximum absolute atomic E-state index is 12.6. The van der Waals surface area contributed by atoms with Crippen molar-refractivity contribution in [2.75, 3.05) is 6.26 Å². The SMILES string of the molecule is C#CCn1c(=NC(=O)c2cc([N+](=O)[O-])ccc2Cl)sc2cc(S(C)(=O)=O)ccc21. The summed E-state index contributed by atoms with van der Waals surface area (Å²) in [5, 5.41) is 11.0. The van der Waals surface area contributed by atoms with Crippen LogP contribution in [0.25, 0.3) is 10.2 Å². The Balaban J connectivity index is 2.20. The van der Waals surface area contributed by atoms with E-state index >= 15 is 0 Å². The summed E-state index contributed by atoms with van der Waals surface area (Å²) in [7, 11) is -3.42. The fraction of sp³-hybridized carbons (Fsp3) is 0.111. The second-order valence-corrected chi connectivity index (χ2v) is 9.35. The number of nitro groups is 1. The van der Waals surface area contributed by atoms with Gasteiger partial charge in [-0.3, -0.25) is 14.9 Å². The molecule has 0 aliphatic heterocycles. The van der Waals surface area contributed by atoms with Crippen LogP contribution in [0.4, 0.5) is 5.69 Å². The van der Waals surface area contributed by atoms with Gasteiger partial charge in [-0.25, -0.2) is 8.42 Å². The fourth-order valence-electron chi connectivity index (χ4n) is 2.55. The van der Waals surface area contributed by atoms with Crippen molar-refractivity contribution < 1.29 is 18.1 Å². The third-order valence-corrected chi connectivity index (χ3v) is 6.40. The third-order valence-electron chi connectivity index (χ3n) is 3.92. The highest BCUT2D eigenvalue weighted by Gasteiger charge is 2.17. The number of amides is 1. The lowest BCUT2D eigenvalue weighted by molar-refractivity contribution is -0.384. The first-order valence-electron chi connectivity index (χ1n) is 7.91. The van der Waals surface area contributed by atoms with Crippen molar-refractivity contribution in [1.82, 2.24) is 4.57 Å². The molecule has 148 valence electrons. The van der Waals surface area contributed by atoms with Crippen LogP contribution in [0.3, 0.4) is 0 Å². The molecule has 29 heavy (non-hydrogen) atoms. The molecular formula is C18H12ClN3O5S2. The summed E-state index contributed by atoms with van der Waals surface area (Å²) < 4.78 is 25.7. The Labute approximate surface area is 174 Å². The number of benzene rings is 2. The lowest BCUT2D eigenvalue weighted by Crippen LogP contribution is -2.16. The highest BCUT2D eigenvalue weighted by Crippen LogP contribution is 2.24. The molecule has 1 amide bonds. The van der Waals surface area contributed by atoms with Gasteiger partial charge >= 0.3 is 0 Å². The van der Waals surface area contributed by atoms with E-state index in [0.717, 1.165) is 23.7 Å². The first-order valence-corrected chi connectivity index (χ1v) is 11.0. The molecular weight excluding hydrogens is 438 g/mol. The van der Waals surface area contributed by atoms with Gasteiger partial charge in [-0.15, -0.1) is 6.42 Å². The minimum Gasteiger partial charge on any atom is -0.305 e. The molecule has 1 aromatic heterocycles. The van der Waals surface area contributed by atoms with Crippen LogP contribution in [-0.4, -0.2) is 30.1 Å². The average molecular weight is 450 g/mol. The van der Waals surface area contributed by atoms with Crippen LogP contribution in [0.15, 0.2) is 46.3 Å². The second kappa shape index (κ2) is 7.79. The van der Waals surface area contributed by atoms with Gasteiger partial charge in [-0.05, 0) is 24.3 Å². The van der Waals surface area contributed by atoms with E-state index in [2.05, 4.69) is 10.9 Å². The smallest absolute Gasteiger partial charge is 0.281 e. The van der Waals surface area contributed by atoms with Gasteiger partial charge in [0.05, 0.1) is 37.2 Å². The number of nitrogens with zero attached hydrogens (tertiary/aromatic N) is 3.